The van der Waals surface area contributed by atoms with Gasteiger partial charge in [-0.3, -0.25) is 4.79 Å². The molecule has 0 heterocycles. The van der Waals surface area contributed by atoms with Crippen LogP contribution in [-0.4, -0.2) is 17.6 Å². The lowest BCUT2D eigenvalue weighted by atomic mass is 9.96. The molecule has 1 unspecified atom stereocenters. The molecular weight excluding hydrogens is 368 g/mol. The average Bonchev–Trinajstić information content (AvgIpc) is 2.67. The molecule has 1 amide bonds. The van der Waals surface area contributed by atoms with Gasteiger partial charge in [0.1, 0.15) is 5.75 Å². The summed E-state index contributed by atoms with van der Waals surface area (Å²) in [5, 5.41) is 6.10. The summed E-state index contributed by atoms with van der Waals surface area (Å²) in [6, 6.07) is 15.7. The summed E-state index contributed by atoms with van der Waals surface area (Å²) in [7, 11) is 0. The molecule has 0 fully saturated rings. The van der Waals surface area contributed by atoms with E-state index in [1.807, 2.05) is 43.3 Å². The van der Waals surface area contributed by atoms with Gasteiger partial charge >= 0.3 is 0 Å². The van der Waals surface area contributed by atoms with Gasteiger partial charge in [0, 0.05) is 5.69 Å². The van der Waals surface area contributed by atoms with E-state index in [2.05, 4.69) is 43.5 Å². The zero-order valence-corrected chi connectivity index (χ0v) is 17.9. The second kappa shape index (κ2) is 10.8. The number of rotatable bonds is 8. The Labute approximate surface area is 173 Å². The molecule has 0 aromatic heterocycles. The highest BCUT2D eigenvalue weighted by Gasteiger charge is 2.16. The number of benzene rings is 2. The van der Waals surface area contributed by atoms with Crippen LogP contribution in [0.3, 0.4) is 0 Å². The van der Waals surface area contributed by atoms with Crippen molar-refractivity contribution in [2.75, 3.05) is 11.9 Å². The number of nitrogens with one attached hydrogen (secondary N) is 2. The number of thiocarbonyl (C=S) groups is 1. The fourth-order valence-corrected chi connectivity index (χ4v) is 3.02. The van der Waals surface area contributed by atoms with Crippen LogP contribution in [0, 0.1) is 5.92 Å². The summed E-state index contributed by atoms with van der Waals surface area (Å²) in [6.45, 7) is 9.04. The van der Waals surface area contributed by atoms with Crippen molar-refractivity contribution in [3.8, 4) is 5.75 Å². The van der Waals surface area contributed by atoms with Gasteiger partial charge in [0.25, 0.3) is 0 Å². The molecule has 2 aromatic carbocycles. The zero-order chi connectivity index (χ0) is 20.5. The van der Waals surface area contributed by atoms with E-state index in [0.717, 1.165) is 29.8 Å². The SMILES string of the molecule is CCCOc1ccc(NC(=S)NC(=O)C(C)c2ccc(CC(C)C)cc2)cc1. The molecule has 0 saturated heterocycles. The number of hydrogen-bond donors (Lipinski definition) is 2. The maximum atomic E-state index is 12.5. The van der Waals surface area contributed by atoms with Crippen molar-refractivity contribution < 1.29 is 9.53 Å². The molecule has 0 bridgehead atoms. The van der Waals surface area contributed by atoms with Crippen LogP contribution in [0.4, 0.5) is 5.69 Å². The van der Waals surface area contributed by atoms with Gasteiger partial charge in [0.15, 0.2) is 5.11 Å². The fourth-order valence-electron chi connectivity index (χ4n) is 2.80. The third kappa shape index (κ3) is 6.97. The molecule has 28 heavy (non-hydrogen) atoms. The van der Waals surface area contributed by atoms with Crippen LogP contribution < -0.4 is 15.4 Å². The molecule has 0 aliphatic heterocycles. The van der Waals surface area contributed by atoms with Crippen LogP contribution in [-0.2, 0) is 11.2 Å². The fraction of sp³-hybridized carbons (Fsp3) is 0.391. The van der Waals surface area contributed by atoms with Crippen LogP contribution >= 0.6 is 12.2 Å². The minimum atomic E-state index is -0.280. The monoisotopic (exact) mass is 398 g/mol. The van der Waals surface area contributed by atoms with E-state index in [-0.39, 0.29) is 16.9 Å². The lowest BCUT2D eigenvalue weighted by molar-refractivity contribution is -0.120. The zero-order valence-electron chi connectivity index (χ0n) is 17.1. The molecule has 1 atom stereocenters. The van der Waals surface area contributed by atoms with Crippen LogP contribution in [0.25, 0.3) is 0 Å². The summed E-state index contributed by atoms with van der Waals surface area (Å²) in [4.78, 5) is 12.5. The third-order valence-corrected chi connectivity index (χ3v) is 4.54. The topological polar surface area (TPSA) is 50.4 Å². The molecular formula is C23H30N2O2S. The lowest BCUT2D eigenvalue weighted by Crippen LogP contribution is -2.36. The first kappa shape index (κ1) is 21.9. The van der Waals surface area contributed by atoms with Crippen molar-refractivity contribution in [3.63, 3.8) is 0 Å². The number of ether oxygens (including phenoxy) is 1. The largest absolute Gasteiger partial charge is 0.494 e. The smallest absolute Gasteiger partial charge is 0.233 e. The lowest BCUT2D eigenvalue weighted by Gasteiger charge is -2.15. The molecule has 0 spiro atoms. The highest BCUT2D eigenvalue weighted by molar-refractivity contribution is 7.80. The number of hydrogen-bond acceptors (Lipinski definition) is 3. The molecule has 150 valence electrons. The van der Waals surface area contributed by atoms with E-state index in [1.165, 1.54) is 5.56 Å². The van der Waals surface area contributed by atoms with Crippen LogP contribution in [0.15, 0.2) is 48.5 Å². The first-order chi connectivity index (χ1) is 13.4. The van der Waals surface area contributed by atoms with Gasteiger partial charge in [-0.25, -0.2) is 0 Å². The van der Waals surface area contributed by atoms with Gasteiger partial charge in [-0.15, -0.1) is 0 Å². The van der Waals surface area contributed by atoms with Gasteiger partial charge in [0.05, 0.1) is 12.5 Å². The number of amides is 1. The summed E-state index contributed by atoms with van der Waals surface area (Å²) in [5.41, 5.74) is 3.07. The van der Waals surface area contributed by atoms with E-state index in [9.17, 15) is 4.79 Å². The summed E-state index contributed by atoms with van der Waals surface area (Å²) in [5.74, 6) is 1.02. The second-order valence-corrected chi connectivity index (χ2v) is 7.79. The summed E-state index contributed by atoms with van der Waals surface area (Å²) < 4.78 is 5.56. The predicted octanol–water partition coefficient (Wildman–Crippen LogP) is 5.29. The maximum Gasteiger partial charge on any atom is 0.233 e. The minimum absolute atomic E-state index is 0.128. The van der Waals surface area contributed by atoms with Crippen molar-refractivity contribution in [2.45, 2.75) is 46.5 Å². The second-order valence-electron chi connectivity index (χ2n) is 7.38. The number of carbonyl (C=O) groups is 1. The molecule has 0 aliphatic rings. The molecule has 2 N–H and O–H groups in total. The third-order valence-electron chi connectivity index (χ3n) is 4.34. The van der Waals surface area contributed by atoms with Crippen molar-refractivity contribution >= 4 is 28.9 Å². The molecule has 2 rings (SSSR count). The van der Waals surface area contributed by atoms with Gasteiger partial charge in [-0.2, -0.15) is 0 Å². The van der Waals surface area contributed by atoms with E-state index < -0.39 is 0 Å². The van der Waals surface area contributed by atoms with Crippen LogP contribution in [0.5, 0.6) is 5.75 Å². The van der Waals surface area contributed by atoms with Crippen molar-refractivity contribution in [2.24, 2.45) is 5.92 Å². The van der Waals surface area contributed by atoms with Crippen molar-refractivity contribution in [1.29, 1.82) is 0 Å². The van der Waals surface area contributed by atoms with E-state index in [0.29, 0.717) is 12.5 Å². The Balaban J connectivity index is 1.88. The quantitative estimate of drug-likeness (QED) is 0.593. The summed E-state index contributed by atoms with van der Waals surface area (Å²) in [6.07, 6.45) is 2.01. The van der Waals surface area contributed by atoms with Gasteiger partial charge in [0.2, 0.25) is 5.91 Å². The highest BCUT2D eigenvalue weighted by atomic mass is 32.1. The Kier molecular flexibility index (Phi) is 8.45. The predicted molar refractivity (Wildman–Crippen MR) is 120 cm³/mol. The highest BCUT2D eigenvalue weighted by Crippen LogP contribution is 2.18. The molecule has 5 heteroatoms. The standard InChI is InChI=1S/C23H30N2O2S/c1-5-14-27-21-12-10-20(11-13-21)24-23(28)25-22(26)17(4)19-8-6-18(7-9-19)15-16(2)3/h6-13,16-17H,5,14-15H2,1-4H3,(H2,24,25,26,28). The molecule has 0 saturated carbocycles. The number of carbonyl (C=O) groups excluding carboxylic acids is 1. The van der Waals surface area contributed by atoms with Gasteiger partial charge in [-0.05, 0) is 73.3 Å². The Hall–Kier alpha value is -2.40. The maximum absolute atomic E-state index is 12.5. The van der Waals surface area contributed by atoms with E-state index >= 15 is 0 Å². The molecule has 2 aromatic rings. The average molecular weight is 399 g/mol. The normalized spacial score (nSPS) is 11.8. The Morgan fingerprint density at radius 3 is 2.25 bits per heavy atom. The Morgan fingerprint density at radius 2 is 1.68 bits per heavy atom. The van der Waals surface area contributed by atoms with Crippen LogP contribution in [0.1, 0.15) is 51.2 Å². The van der Waals surface area contributed by atoms with Crippen LogP contribution in [0.2, 0.25) is 0 Å². The van der Waals surface area contributed by atoms with E-state index in [1.54, 1.807) is 0 Å². The number of anilines is 1. The summed E-state index contributed by atoms with van der Waals surface area (Å²) >= 11 is 5.28. The van der Waals surface area contributed by atoms with Crippen molar-refractivity contribution in [3.05, 3.63) is 59.7 Å². The Bertz CT molecular complexity index is 770. The van der Waals surface area contributed by atoms with Gasteiger partial charge in [-0.1, -0.05) is 45.0 Å². The first-order valence-corrected chi connectivity index (χ1v) is 10.2. The van der Waals surface area contributed by atoms with E-state index in [4.69, 9.17) is 17.0 Å². The minimum Gasteiger partial charge on any atom is -0.494 e. The molecule has 4 nitrogen and oxygen atoms in total. The molecule has 0 radical (unpaired) electrons. The molecule has 0 aliphatic carbocycles. The van der Waals surface area contributed by atoms with Crippen molar-refractivity contribution in [1.82, 2.24) is 5.32 Å². The Morgan fingerprint density at radius 1 is 1.04 bits per heavy atom. The first-order valence-electron chi connectivity index (χ1n) is 9.82. The van der Waals surface area contributed by atoms with Gasteiger partial charge < -0.3 is 15.4 Å².